The monoisotopic (exact) mass is 2210 g/mol. The first-order valence-electron chi connectivity index (χ1n) is 54.8. The summed E-state index contributed by atoms with van der Waals surface area (Å²) >= 11 is 0. The molecule has 33 heteroatoms. The Bertz CT molecular complexity index is 3160. The molecular weight excluding hydrogens is 2000 g/mol. The average Bonchev–Trinajstić information content (AvgIpc) is 0.751. The van der Waals surface area contributed by atoms with Gasteiger partial charge in [-0.3, -0.25) is 0 Å². The molecule has 0 radical (unpaired) electrons. The molecule has 0 fully saturated rings. The van der Waals surface area contributed by atoms with Gasteiger partial charge in [0.05, 0.1) is 59.6 Å². The van der Waals surface area contributed by atoms with E-state index >= 15 is 0 Å². The third-order valence-electron chi connectivity index (χ3n) is 36.1. The van der Waals surface area contributed by atoms with Crippen LogP contribution in [0.2, 0.25) is 0 Å². The molecular formula is C114H217F33. The van der Waals surface area contributed by atoms with Crippen molar-refractivity contribution >= 4 is 0 Å². The van der Waals surface area contributed by atoms with Gasteiger partial charge in [0.25, 0.3) is 0 Å². The van der Waals surface area contributed by atoms with E-state index in [0.29, 0.717) is 103 Å². The number of hydrogen-bond donors (Lipinski definition) is 0. The van der Waals surface area contributed by atoms with E-state index in [1.54, 1.807) is 125 Å². The Balaban J connectivity index is -0.000000154. The fourth-order valence-electron chi connectivity index (χ4n) is 21.6. The summed E-state index contributed by atoms with van der Waals surface area (Å²) in [5.41, 5.74) is -18.1. The third-order valence-corrected chi connectivity index (χ3v) is 36.1. The van der Waals surface area contributed by atoms with Crippen molar-refractivity contribution in [2.45, 2.75) is 587 Å². The van der Waals surface area contributed by atoms with Crippen LogP contribution in [0, 0.1) is 147 Å². The van der Waals surface area contributed by atoms with Gasteiger partial charge in [-0.15, -0.1) is 0 Å². The SMILES string of the molecule is CC(C)C(C)(C(C)C)C(F)(F)F.CCC(C)(CC)[C@](C)(CC)C(F)(F)F.CCC(CC)[C@](C)(C(C)C)C(F)(F)F.CCC(CC)[C@](C)(CC)C(F)(F)F.CCCC(C)(CCC)C(F)(F)F.CCC[C@@](C)(C(C(C)C)C(C)C)C(F)(F)F.CCC[C@@](C)(C(CC)CC)C(F)(F)F.CCC[C@](C)(C(F)(F)F)C(C)(CC)CC.CCC[C@](C)(CC)C(F)(F)F.CC[C@@](C)(C(C(C)C)C(C)C)C(F)(F)F.CC[C@@](C)(C(C)C)C(F)(F)F. The predicted molar refractivity (Wildman–Crippen MR) is 552 cm³/mol. The molecule has 0 aliphatic heterocycles. The molecule has 0 amide bonds. The van der Waals surface area contributed by atoms with Gasteiger partial charge in [0.2, 0.25) is 0 Å². The van der Waals surface area contributed by atoms with Crippen molar-refractivity contribution in [3.63, 3.8) is 0 Å². The van der Waals surface area contributed by atoms with Crippen LogP contribution in [-0.2, 0) is 0 Å². The van der Waals surface area contributed by atoms with Crippen LogP contribution in [0.4, 0.5) is 145 Å². The van der Waals surface area contributed by atoms with E-state index in [1.165, 1.54) is 76.2 Å². The van der Waals surface area contributed by atoms with E-state index in [-0.39, 0.29) is 148 Å². The number of halogens is 33. The lowest BCUT2D eigenvalue weighted by Crippen LogP contribution is -2.48. The molecule has 0 nitrogen and oxygen atoms in total. The predicted octanol–water partition coefficient (Wildman–Crippen LogP) is 49.4. The Hall–Kier alpha value is -2.31. The molecule has 0 N–H and O–H groups in total. The molecule has 904 valence electrons. The summed E-state index contributed by atoms with van der Waals surface area (Å²) in [6, 6.07) is 0. The molecule has 0 spiro atoms. The molecule has 0 heterocycles. The summed E-state index contributed by atoms with van der Waals surface area (Å²) < 4.78 is 422. The lowest BCUT2D eigenvalue weighted by molar-refractivity contribution is -0.261. The summed E-state index contributed by atoms with van der Waals surface area (Å²) in [7, 11) is 0. The highest BCUT2D eigenvalue weighted by molar-refractivity contribution is 5.00. The van der Waals surface area contributed by atoms with Crippen molar-refractivity contribution in [3.05, 3.63) is 0 Å². The minimum Gasteiger partial charge on any atom is -0.171 e. The van der Waals surface area contributed by atoms with Crippen LogP contribution >= 0.6 is 0 Å². The van der Waals surface area contributed by atoms with Gasteiger partial charge < -0.3 is 0 Å². The Labute approximate surface area is 875 Å². The van der Waals surface area contributed by atoms with Crippen molar-refractivity contribution in [1.29, 1.82) is 0 Å². The van der Waals surface area contributed by atoms with Gasteiger partial charge in [-0.2, -0.15) is 145 Å². The molecule has 0 aliphatic rings. The normalized spacial score (nSPS) is 17.1. The van der Waals surface area contributed by atoms with Crippen molar-refractivity contribution in [1.82, 2.24) is 0 Å². The Morgan fingerprint density at radius 3 is 0.463 bits per heavy atom. The maximum atomic E-state index is 13.3. The highest BCUT2D eigenvalue weighted by atomic mass is 19.5. The molecule has 0 aromatic carbocycles. The minimum absolute atomic E-state index is 0.0524. The van der Waals surface area contributed by atoms with Crippen LogP contribution in [0.5, 0.6) is 0 Å². The largest absolute Gasteiger partial charge is 0.394 e. The second kappa shape index (κ2) is 67.8. The molecule has 0 aromatic heterocycles. The number of hydrogen-bond acceptors (Lipinski definition) is 0. The third kappa shape index (κ3) is 47.0. The summed E-state index contributed by atoms with van der Waals surface area (Å²) in [6.07, 6.45) is -33.4. The zero-order chi connectivity index (χ0) is 122. The summed E-state index contributed by atoms with van der Waals surface area (Å²) in [5.74, 6) is -2.67. The van der Waals surface area contributed by atoms with Crippen molar-refractivity contribution in [2.75, 3.05) is 0 Å². The Morgan fingerprint density at radius 2 is 0.354 bits per heavy atom. The van der Waals surface area contributed by atoms with E-state index in [4.69, 9.17) is 0 Å². The van der Waals surface area contributed by atoms with Gasteiger partial charge in [-0.1, -0.05) is 423 Å². The maximum Gasteiger partial charge on any atom is 0.394 e. The van der Waals surface area contributed by atoms with Crippen LogP contribution in [0.25, 0.3) is 0 Å². The molecule has 9 atom stereocenters. The minimum atomic E-state index is -4.11. The van der Waals surface area contributed by atoms with Gasteiger partial charge >= 0.3 is 67.9 Å². The maximum absolute atomic E-state index is 13.3. The topological polar surface area (TPSA) is 0 Å². The first-order valence-corrected chi connectivity index (χ1v) is 54.8. The standard InChI is InChI=1S/C13H25F3.2C12H23F3.3C11H21F3.C10H19F3.2C9H17F3.2C8H15F3/c1-7-8-12(6,13(14,15)16)11(9(2)3)10(4)5;1-7-11(6,12(13,14)15)10(8(2)3)9(4)5;1-6-9-11(5,12(13,14)15)10(4,7-2)8-3;1-6-9(4,7-2)10(5,8-3)11(12,13)14;1-6-9(7-2)10(5,8(3)4)11(12,13)14;1-5-8-10(4,11(12,13)14)9(6-2)7-3;1-5-8(6-2)9(4,7-3)10(11,12)13;1-6(2)8(5,7(3)4)9(10,11)12;1-4-6-8(3,7-5-2)9(10,11)12;1-5-7(4,6(2)3)8(9,10)11;1-4-6-7(3,5-2)8(9,10)11/h9-11H,7-8H2,1-6H3;8-10H,7H2,1-6H3;6-9H2,1-5H3;6-8H2,1-5H3;8-9H,6-7H2,1-5H3;9H,5-8H2,1-4H3;8H,5-7H2,1-4H3;6-7H,1-5H3;4-7H2,1-3H3;6H,5H2,1-4H3;4-6H2,1-3H3/t12-;2*11-;3*10-;9-;;;2*7-/m0000000..00/s1. The molecule has 0 rings (SSSR count). The van der Waals surface area contributed by atoms with Crippen molar-refractivity contribution < 1.29 is 145 Å². The van der Waals surface area contributed by atoms with E-state index in [9.17, 15) is 145 Å². The second-order valence-corrected chi connectivity index (χ2v) is 46.9. The fourth-order valence-corrected chi connectivity index (χ4v) is 21.6. The first-order chi connectivity index (χ1) is 65.0. The molecule has 0 saturated heterocycles. The second-order valence-electron chi connectivity index (χ2n) is 46.9. The quantitative estimate of drug-likeness (QED) is 0.0535. The lowest BCUT2D eigenvalue weighted by atomic mass is 9.60. The van der Waals surface area contributed by atoms with Crippen LogP contribution in [0.15, 0.2) is 0 Å². The van der Waals surface area contributed by atoms with E-state index < -0.39 is 138 Å². The number of alkyl halides is 33. The van der Waals surface area contributed by atoms with Crippen LogP contribution in [0.1, 0.15) is 520 Å². The van der Waals surface area contributed by atoms with Gasteiger partial charge in [0.1, 0.15) is 0 Å². The molecule has 0 saturated carbocycles. The van der Waals surface area contributed by atoms with Crippen LogP contribution < -0.4 is 0 Å². The van der Waals surface area contributed by atoms with Crippen LogP contribution in [0.3, 0.4) is 0 Å². The van der Waals surface area contributed by atoms with Crippen LogP contribution in [-0.4, -0.2) is 67.9 Å². The summed E-state index contributed by atoms with van der Waals surface area (Å²) in [5, 5.41) is 0. The molecule has 0 unspecified atom stereocenters. The van der Waals surface area contributed by atoms with E-state index in [1.807, 2.05) is 145 Å². The van der Waals surface area contributed by atoms with Gasteiger partial charge in [-0.05, 0) is 184 Å². The zero-order valence-electron chi connectivity index (χ0n) is 101. The molecule has 147 heavy (non-hydrogen) atoms. The highest BCUT2D eigenvalue weighted by Crippen LogP contribution is 2.62. The summed E-state index contributed by atoms with van der Waals surface area (Å²) in [6.45, 7) is 83.5. The Kier molecular flexibility index (Phi) is 77.1. The zero-order valence-corrected chi connectivity index (χ0v) is 101. The number of rotatable bonds is 42. The molecule has 0 aliphatic carbocycles. The van der Waals surface area contributed by atoms with E-state index in [0.717, 1.165) is 0 Å². The summed E-state index contributed by atoms with van der Waals surface area (Å²) in [4.78, 5) is 0. The molecule has 0 bridgehead atoms. The van der Waals surface area contributed by atoms with Gasteiger partial charge in [-0.25, -0.2) is 0 Å². The van der Waals surface area contributed by atoms with Gasteiger partial charge in [0, 0.05) is 0 Å². The lowest BCUT2D eigenvalue weighted by Gasteiger charge is -2.47. The van der Waals surface area contributed by atoms with Crippen molar-refractivity contribution in [3.8, 4) is 0 Å². The first kappa shape index (κ1) is 167. The average molecular weight is 2210 g/mol. The van der Waals surface area contributed by atoms with Crippen molar-refractivity contribution in [2.24, 2.45) is 147 Å². The van der Waals surface area contributed by atoms with Gasteiger partial charge in [0.15, 0.2) is 0 Å². The van der Waals surface area contributed by atoms with E-state index in [2.05, 4.69) is 0 Å². The molecule has 0 aromatic rings. The fraction of sp³-hybridized carbons (Fsp3) is 1.00. The highest BCUT2D eigenvalue weighted by Gasteiger charge is 2.64. The smallest absolute Gasteiger partial charge is 0.171 e. The Morgan fingerprint density at radius 1 is 0.150 bits per heavy atom.